The number of nitrogens with zero attached hydrogens (tertiary/aromatic N) is 1. The molecule has 1 aliphatic rings. The van der Waals surface area contributed by atoms with Gasteiger partial charge in [-0.3, -0.25) is 13.8 Å². The molecule has 12 heteroatoms. The van der Waals surface area contributed by atoms with Crippen molar-refractivity contribution in [1.82, 2.24) is 5.32 Å². The van der Waals surface area contributed by atoms with Crippen molar-refractivity contribution in [3.05, 3.63) is 24.3 Å². The van der Waals surface area contributed by atoms with Gasteiger partial charge in [0.05, 0.1) is 58.2 Å². The van der Waals surface area contributed by atoms with Gasteiger partial charge in [-0.05, 0) is 38.0 Å². The molecule has 0 spiro atoms. The molecule has 11 nitrogen and oxygen atoms in total. The zero-order valence-corrected chi connectivity index (χ0v) is 37.8. The maximum atomic E-state index is 13.0. The number of unbranched alkanes of at least 4 members (excludes halogenated alkanes) is 18. The van der Waals surface area contributed by atoms with E-state index in [0.29, 0.717) is 30.3 Å². The van der Waals surface area contributed by atoms with Crippen LogP contribution in [-0.2, 0) is 18.4 Å². The first-order valence-corrected chi connectivity index (χ1v) is 24.5. The number of likely N-dealkylation sites (N-methyl/N-ethyl adjacent to an activating group) is 1. The number of hydrogen-bond acceptors (Lipinski definition) is 8. The van der Waals surface area contributed by atoms with Crippen molar-refractivity contribution < 1.29 is 48.2 Å². The molecule has 1 fully saturated rings. The van der Waals surface area contributed by atoms with Crippen LogP contribution in [0.15, 0.2) is 24.3 Å². The van der Waals surface area contributed by atoms with Gasteiger partial charge in [-0.2, -0.15) is 0 Å². The van der Waals surface area contributed by atoms with E-state index in [1.54, 1.807) is 12.2 Å². The topological polar surface area (TPSA) is 166 Å². The minimum Gasteiger partial charge on any atom is -0.393 e. The highest BCUT2D eigenvalue weighted by atomic mass is 31.2. The molecule has 0 aromatic heterocycles. The second-order valence-corrected chi connectivity index (χ2v) is 19.2. The van der Waals surface area contributed by atoms with Gasteiger partial charge in [0.1, 0.15) is 13.2 Å². The first kappa shape index (κ1) is 53.9. The fraction of sp³-hybridized carbons (Fsp3) is 0.889. The Morgan fingerprint density at radius 2 is 1.33 bits per heavy atom. The number of amides is 1. The Labute approximate surface area is 348 Å². The monoisotopic (exact) mass is 832 g/mol. The van der Waals surface area contributed by atoms with Crippen LogP contribution in [0.25, 0.3) is 0 Å². The first-order chi connectivity index (χ1) is 27.2. The van der Waals surface area contributed by atoms with Crippen LogP contribution in [0.1, 0.15) is 174 Å². The Morgan fingerprint density at radius 1 is 0.772 bits per heavy atom. The van der Waals surface area contributed by atoms with E-state index in [-0.39, 0.29) is 37.4 Å². The Morgan fingerprint density at radius 3 is 1.95 bits per heavy atom. The maximum absolute atomic E-state index is 13.0. The van der Waals surface area contributed by atoms with Gasteiger partial charge >= 0.3 is 7.82 Å². The van der Waals surface area contributed by atoms with E-state index in [2.05, 4.69) is 19.2 Å². The van der Waals surface area contributed by atoms with Gasteiger partial charge in [0, 0.05) is 18.8 Å². The summed E-state index contributed by atoms with van der Waals surface area (Å²) < 4.78 is 23.6. The molecule has 8 atom stereocenters. The number of phosphoric acid groups is 1. The molecule has 6 N–H and O–H groups in total. The lowest BCUT2D eigenvalue weighted by Crippen LogP contribution is -2.45. The second-order valence-electron chi connectivity index (χ2n) is 17.7. The molecule has 0 aromatic carbocycles. The normalized spacial score (nSPS) is 21.6. The molecule has 0 aromatic rings. The summed E-state index contributed by atoms with van der Waals surface area (Å²) in [5.41, 5.74) is 0. The number of aliphatic hydroxyl groups excluding tert-OH is 4. The minimum atomic E-state index is -4.40. The van der Waals surface area contributed by atoms with Gasteiger partial charge in [0.15, 0.2) is 0 Å². The summed E-state index contributed by atoms with van der Waals surface area (Å²) in [4.78, 5) is 23.3. The van der Waals surface area contributed by atoms with E-state index < -0.39 is 38.3 Å². The molecule has 0 heterocycles. The van der Waals surface area contributed by atoms with Gasteiger partial charge in [-0.1, -0.05) is 154 Å². The van der Waals surface area contributed by atoms with Crippen molar-refractivity contribution in [2.24, 2.45) is 11.8 Å². The highest BCUT2D eigenvalue weighted by Crippen LogP contribution is 2.43. The highest BCUT2D eigenvalue weighted by molar-refractivity contribution is 7.47. The van der Waals surface area contributed by atoms with Gasteiger partial charge in [0.25, 0.3) is 0 Å². The first-order valence-electron chi connectivity index (χ1n) is 23.0. The number of carbonyl (C=O) groups is 1. The van der Waals surface area contributed by atoms with Crippen LogP contribution in [-0.4, -0.2) is 107 Å². The molecule has 0 bridgehead atoms. The van der Waals surface area contributed by atoms with Crippen molar-refractivity contribution in [2.45, 2.75) is 205 Å². The van der Waals surface area contributed by atoms with Crippen LogP contribution in [0.2, 0.25) is 0 Å². The minimum absolute atomic E-state index is 0.0236. The summed E-state index contributed by atoms with van der Waals surface area (Å²) in [6.45, 7) is 4.53. The molecule has 57 heavy (non-hydrogen) atoms. The summed E-state index contributed by atoms with van der Waals surface area (Å²) >= 11 is 0. The molecule has 0 aliphatic heterocycles. The largest absolute Gasteiger partial charge is 0.472 e. The Balaban J connectivity index is 2.52. The summed E-state index contributed by atoms with van der Waals surface area (Å²) in [5, 5.41) is 45.3. The molecular formula is C45H88N2O9P+. The Kier molecular flexibility index (Phi) is 30.8. The number of rotatable bonds is 37. The summed E-state index contributed by atoms with van der Waals surface area (Å²) in [6.07, 6.45) is 30.1. The summed E-state index contributed by atoms with van der Waals surface area (Å²) in [5.74, 6) is -0.526. The fourth-order valence-corrected chi connectivity index (χ4v) is 8.28. The van der Waals surface area contributed by atoms with Gasteiger partial charge in [0.2, 0.25) is 5.91 Å². The average molecular weight is 832 g/mol. The third kappa shape index (κ3) is 28.9. The van der Waals surface area contributed by atoms with Crippen molar-refractivity contribution in [3.63, 3.8) is 0 Å². The average Bonchev–Trinajstić information content (AvgIpc) is 3.42. The van der Waals surface area contributed by atoms with E-state index in [0.717, 1.165) is 64.2 Å². The van der Waals surface area contributed by atoms with E-state index in [9.17, 15) is 34.7 Å². The SMILES string of the molecule is CCCCCCCCCCCCCCC/C=C/[C@@H](O)[C@H](COP(=O)(O)OCC[N+](C)(C)C)NC(=O)CCCCCC[C@@H]1[C@@H](/C=C/[C@@H](O)CCCCC)[C@H](O)C[C@@H]1O. The lowest BCUT2D eigenvalue weighted by atomic mass is 9.88. The van der Waals surface area contributed by atoms with Crippen molar-refractivity contribution in [2.75, 3.05) is 40.9 Å². The molecule has 1 amide bonds. The predicted octanol–water partition coefficient (Wildman–Crippen LogP) is 8.91. The van der Waals surface area contributed by atoms with Gasteiger partial charge in [-0.25, -0.2) is 4.57 Å². The van der Waals surface area contributed by atoms with Crippen molar-refractivity contribution in [1.29, 1.82) is 0 Å². The third-order valence-corrected chi connectivity index (χ3v) is 12.3. The van der Waals surface area contributed by atoms with E-state index >= 15 is 0 Å². The zero-order valence-electron chi connectivity index (χ0n) is 36.9. The fourth-order valence-electron chi connectivity index (χ4n) is 7.55. The van der Waals surface area contributed by atoms with Crippen molar-refractivity contribution in [3.8, 4) is 0 Å². The predicted molar refractivity (Wildman–Crippen MR) is 233 cm³/mol. The molecule has 1 saturated carbocycles. The van der Waals surface area contributed by atoms with Gasteiger partial charge < -0.3 is 35.1 Å². The summed E-state index contributed by atoms with van der Waals surface area (Å²) in [6, 6.07) is -0.923. The van der Waals surface area contributed by atoms with E-state index in [1.165, 1.54) is 70.6 Å². The number of quaternary nitrogens is 1. The third-order valence-electron chi connectivity index (χ3n) is 11.3. The van der Waals surface area contributed by atoms with Crippen LogP contribution in [0, 0.1) is 11.8 Å². The number of allylic oxidation sites excluding steroid dienone is 1. The molecule has 1 unspecified atom stereocenters. The molecule has 1 rings (SSSR count). The van der Waals surface area contributed by atoms with Crippen LogP contribution in [0.4, 0.5) is 0 Å². The second kappa shape index (κ2) is 32.6. The molecule has 336 valence electrons. The highest BCUT2D eigenvalue weighted by Gasteiger charge is 2.39. The number of nitrogens with one attached hydrogen (secondary N) is 1. The van der Waals surface area contributed by atoms with E-state index in [4.69, 9.17) is 9.05 Å². The molecule has 0 radical (unpaired) electrons. The quantitative estimate of drug-likeness (QED) is 0.0155. The molecular weight excluding hydrogens is 743 g/mol. The van der Waals surface area contributed by atoms with Crippen LogP contribution in [0.5, 0.6) is 0 Å². The standard InChI is InChI=1S/C45H87N2O9P/c1-6-8-10-11-12-13-14-15-16-17-18-19-20-21-26-30-42(49)41(37-56-57(53,54)55-35-34-47(3,4)5)46-45(52)31-27-23-22-25-29-39-40(44(51)36-43(39)50)33-32-38(48)28-24-9-7-2/h26,30,32-33,38-44,48-51H,6-25,27-29,31,34-37H2,1-5H3,(H-,46,52,53,54)/p+1/b30-26+,33-32+/t38-,39+,40+,41-,42+,43-,44+/m0/s1. The molecule has 1 aliphatic carbocycles. The smallest absolute Gasteiger partial charge is 0.393 e. The number of aliphatic hydroxyl groups is 4. The number of carbonyl (C=O) groups excluding carboxylic acids is 1. The Bertz CT molecular complexity index is 1100. The number of hydrogen-bond donors (Lipinski definition) is 6. The zero-order chi connectivity index (χ0) is 42.4. The lowest BCUT2D eigenvalue weighted by molar-refractivity contribution is -0.870. The van der Waals surface area contributed by atoms with Crippen LogP contribution in [0.3, 0.4) is 0 Å². The molecule has 0 saturated heterocycles. The van der Waals surface area contributed by atoms with Crippen molar-refractivity contribution >= 4 is 13.7 Å². The maximum Gasteiger partial charge on any atom is 0.472 e. The van der Waals surface area contributed by atoms with E-state index in [1.807, 2.05) is 33.3 Å². The Hall–Kier alpha value is -1.14. The number of phosphoric ester groups is 1. The van der Waals surface area contributed by atoms with Gasteiger partial charge in [-0.15, -0.1) is 0 Å². The van der Waals surface area contributed by atoms with Crippen LogP contribution >= 0.6 is 7.82 Å². The summed E-state index contributed by atoms with van der Waals surface area (Å²) in [7, 11) is 1.44. The lowest BCUT2D eigenvalue weighted by Gasteiger charge is -2.25. The van der Waals surface area contributed by atoms with Crippen LogP contribution < -0.4 is 5.32 Å².